The van der Waals surface area contributed by atoms with E-state index in [0.717, 1.165) is 16.9 Å². The SMILES string of the molecule is Cc1c(NC(=S)Nc2ccc(Cl)cc2Cl)cccc1NC(=S)Nc1ccc(Cl)cc1Cl. The van der Waals surface area contributed by atoms with Crippen LogP contribution in [0, 0.1) is 6.92 Å². The zero-order valence-electron chi connectivity index (χ0n) is 16.0. The minimum absolute atomic E-state index is 0.387. The van der Waals surface area contributed by atoms with Gasteiger partial charge in [-0.05, 0) is 85.5 Å². The Hall–Kier alpha value is -1.80. The molecule has 4 N–H and O–H groups in total. The molecule has 0 aliphatic carbocycles. The first-order valence-electron chi connectivity index (χ1n) is 8.88. The van der Waals surface area contributed by atoms with Crippen LogP contribution < -0.4 is 21.3 Å². The number of thiocarbonyl (C=S) groups is 2. The summed E-state index contributed by atoms with van der Waals surface area (Å²) < 4.78 is 0. The van der Waals surface area contributed by atoms with E-state index in [1.54, 1.807) is 36.4 Å². The van der Waals surface area contributed by atoms with Gasteiger partial charge in [-0.25, -0.2) is 0 Å². The van der Waals surface area contributed by atoms with E-state index in [9.17, 15) is 0 Å². The van der Waals surface area contributed by atoms with Gasteiger partial charge < -0.3 is 21.3 Å². The quantitative estimate of drug-likeness (QED) is 0.255. The van der Waals surface area contributed by atoms with Gasteiger partial charge in [0.1, 0.15) is 0 Å². The van der Waals surface area contributed by atoms with E-state index >= 15 is 0 Å². The highest BCUT2D eigenvalue weighted by Gasteiger charge is 2.10. The number of nitrogens with one attached hydrogen (secondary N) is 4. The lowest BCUT2D eigenvalue weighted by molar-refractivity contribution is 1.44. The van der Waals surface area contributed by atoms with Gasteiger partial charge in [-0.2, -0.15) is 0 Å². The fourth-order valence-corrected chi connectivity index (χ4v) is 3.99. The van der Waals surface area contributed by atoms with Crippen molar-refractivity contribution in [3.05, 3.63) is 80.3 Å². The van der Waals surface area contributed by atoms with Crippen molar-refractivity contribution in [3.8, 4) is 0 Å². The van der Waals surface area contributed by atoms with E-state index in [2.05, 4.69) is 21.3 Å². The van der Waals surface area contributed by atoms with Crippen LogP contribution in [0.4, 0.5) is 22.7 Å². The maximum Gasteiger partial charge on any atom is 0.175 e. The van der Waals surface area contributed by atoms with Crippen molar-refractivity contribution in [1.29, 1.82) is 0 Å². The topological polar surface area (TPSA) is 48.1 Å². The second-order valence-corrected chi connectivity index (χ2v) is 8.89. The fraction of sp³-hybridized carbons (Fsp3) is 0.0476. The Kier molecular flexibility index (Phi) is 8.22. The Morgan fingerprint density at radius 3 is 1.39 bits per heavy atom. The molecule has 3 aromatic rings. The molecule has 0 radical (unpaired) electrons. The molecule has 0 saturated carbocycles. The highest BCUT2D eigenvalue weighted by molar-refractivity contribution is 7.81. The van der Waals surface area contributed by atoms with Gasteiger partial charge in [-0.15, -0.1) is 0 Å². The zero-order valence-corrected chi connectivity index (χ0v) is 20.7. The van der Waals surface area contributed by atoms with Crippen molar-refractivity contribution >= 4 is 104 Å². The van der Waals surface area contributed by atoms with Gasteiger partial charge in [0.15, 0.2) is 10.2 Å². The van der Waals surface area contributed by atoms with E-state index in [4.69, 9.17) is 70.8 Å². The molecule has 0 heterocycles. The van der Waals surface area contributed by atoms with Crippen LogP contribution in [0.3, 0.4) is 0 Å². The van der Waals surface area contributed by atoms with E-state index in [0.29, 0.717) is 41.7 Å². The smallest absolute Gasteiger partial charge is 0.175 e. The Morgan fingerprint density at radius 1 is 0.613 bits per heavy atom. The number of halogens is 4. The minimum atomic E-state index is 0.387. The molecule has 0 unspecified atom stereocenters. The molecule has 3 aromatic carbocycles. The largest absolute Gasteiger partial charge is 0.332 e. The van der Waals surface area contributed by atoms with Gasteiger partial charge in [-0.3, -0.25) is 0 Å². The molecule has 10 heteroatoms. The lowest BCUT2D eigenvalue weighted by Crippen LogP contribution is -2.22. The molecule has 4 nitrogen and oxygen atoms in total. The first kappa shape index (κ1) is 23.9. The van der Waals surface area contributed by atoms with Crippen LogP contribution in [-0.4, -0.2) is 10.2 Å². The second-order valence-electron chi connectivity index (χ2n) is 6.38. The molecular weight excluding hydrogens is 514 g/mol. The Bertz CT molecular complexity index is 1070. The van der Waals surface area contributed by atoms with Crippen LogP contribution in [0.2, 0.25) is 20.1 Å². The molecule has 0 bridgehead atoms. The molecule has 0 atom stereocenters. The molecule has 0 amide bonds. The van der Waals surface area contributed by atoms with Crippen LogP contribution in [0.1, 0.15) is 5.56 Å². The average molecular weight is 530 g/mol. The summed E-state index contributed by atoms with van der Waals surface area (Å²) >= 11 is 35.1. The maximum atomic E-state index is 6.19. The van der Waals surface area contributed by atoms with Crippen molar-refractivity contribution in [3.63, 3.8) is 0 Å². The molecule has 0 aromatic heterocycles. The monoisotopic (exact) mass is 528 g/mol. The van der Waals surface area contributed by atoms with Crippen LogP contribution in [0.15, 0.2) is 54.6 Å². The summed E-state index contributed by atoms with van der Waals surface area (Å²) in [4.78, 5) is 0. The summed E-state index contributed by atoms with van der Waals surface area (Å²) in [6.07, 6.45) is 0. The molecule has 0 aliphatic heterocycles. The van der Waals surface area contributed by atoms with Gasteiger partial charge in [0, 0.05) is 21.4 Å². The molecule has 160 valence electrons. The number of rotatable bonds is 4. The van der Waals surface area contributed by atoms with Crippen LogP contribution in [0.5, 0.6) is 0 Å². The van der Waals surface area contributed by atoms with Crippen molar-refractivity contribution in [2.45, 2.75) is 6.92 Å². The van der Waals surface area contributed by atoms with Gasteiger partial charge in [-0.1, -0.05) is 52.5 Å². The Labute approximate surface area is 211 Å². The Morgan fingerprint density at radius 2 is 1.00 bits per heavy atom. The van der Waals surface area contributed by atoms with E-state index < -0.39 is 0 Å². The number of benzene rings is 3. The third-order valence-electron chi connectivity index (χ3n) is 4.19. The third-order valence-corrected chi connectivity index (χ3v) is 5.69. The molecule has 0 saturated heterocycles. The van der Waals surface area contributed by atoms with Gasteiger partial charge in [0.2, 0.25) is 0 Å². The fourth-order valence-electron chi connectivity index (χ4n) is 2.64. The van der Waals surface area contributed by atoms with Gasteiger partial charge >= 0.3 is 0 Å². The maximum absolute atomic E-state index is 6.19. The first-order valence-corrected chi connectivity index (χ1v) is 11.2. The molecule has 0 aliphatic rings. The first-order chi connectivity index (χ1) is 14.7. The summed E-state index contributed by atoms with van der Waals surface area (Å²) in [6, 6.07) is 16.0. The normalized spacial score (nSPS) is 10.4. The number of hydrogen-bond donors (Lipinski definition) is 4. The predicted molar refractivity (Wildman–Crippen MR) is 144 cm³/mol. The van der Waals surface area contributed by atoms with Crippen LogP contribution in [-0.2, 0) is 0 Å². The van der Waals surface area contributed by atoms with Crippen molar-refractivity contribution in [1.82, 2.24) is 0 Å². The summed E-state index contributed by atoms with van der Waals surface area (Å²) in [6.45, 7) is 1.94. The summed E-state index contributed by atoms with van der Waals surface area (Å²) in [5, 5.41) is 15.3. The molecule has 0 fully saturated rings. The summed E-state index contributed by atoms with van der Waals surface area (Å²) in [7, 11) is 0. The van der Waals surface area contributed by atoms with E-state index in [1.165, 1.54) is 0 Å². The highest BCUT2D eigenvalue weighted by atomic mass is 35.5. The van der Waals surface area contributed by atoms with Gasteiger partial charge in [0.25, 0.3) is 0 Å². The third kappa shape index (κ3) is 6.59. The molecule has 31 heavy (non-hydrogen) atoms. The molecule has 0 spiro atoms. The lowest BCUT2D eigenvalue weighted by Gasteiger charge is -2.17. The Balaban J connectivity index is 1.67. The number of hydrogen-bond acceptors (Lipinski definition) is 2. The summed E-state index contributed by atoms with van der Waals surface area (Å²) in [5.74, 6) is 0. The molecule has 3 rings (SSSR count). The van der Waals surface area contributed by atoms with Gasteiger partial charge in [0.05, 0.1) is 21.4 Å². The zero-order chi connectivity index (χ0) is 22.5. The highest BCUT2D eigenvalue weighted by Crippen LogP contribution is 2.28. The minimum Gasteiger partial charge on any atom is -0.332 e. The summed E-state index contributed by atoms with van der Waals surface area (Å²) in [5.41, 5.74) is 3.83. The van der Waals surface area contributed by atoms with E-state index in [-0.39, 0.29) is 0 Å². The van der Waals surface area contributed by atoms with Crippen LogP contribution >= 0.6 is 70.8 Å². The van der Waals surface area contributed by atoms with Crippen molar-refractivity contribution in [2.75, 3.05) is 21.3 Å². The standard InChI is InChI=1S/C21H16Cl4N4S2/c1-11-16(26-20(30)28-18-7-5-12(22)9-14(18)24)3-2-4-17(11)27-21(31)29-19-8-6-13(23)10-15(19)25/h2-10H,1H3,(H2,26,28,30)(H2,27,29,31). The lowest BCUT2D eigenvalue weighted by atomic mass is 10.1. The second kappa shape index (κ2) is 10.7. The average Bonchev–Trinajstić information content (AvgIpc) is 2.69. The van der Waals surface area contributed by atoms with Crippen LogP contribution in [0.25, 0.3) is 0 Å². The van der Waals surface area contributed by atoms with Crippen molar-refractivity contribution < 1.29 is 0 Å². The predicted octanol–water partition coefficient (Wildman–Crippen LogP) is 8.23. The van der Waals surface area contributed by atoms with E-state index in [1.807, 2.05) is 25.1 Å². The van der Waals surface area contributed by atoms with Crippen molar-refractivity contribution in [2.24, 2.45) is 0 Å². The number of anilines is 4. The molecular formula is C21H16Cl4N4S2.